The topological polar surface area (TPSA) is 94.7 Å². The molecule has 3 saturated heterocycles. The first-order valence-corrected chi connectivity index (χ1v) is 13.5. The summed E-state index contributed by atoms with van der Waals surface area (Å²) in [4.78, 5) is 17.2. The molecule has 10 nitrogen and oxygen atoms in total. The Bertz CT molecular complexity index is 920. The van der Waals surface area contributed by atoms with E-state index < -0.39 is 10.2 Å². The predicted octanol–water partition coefficient (Wildman–Crippen LogP) is 0.822. The Morgan fingerprint density at radius 2 is 1.53 bits per heavy atom. The molecule has 1 aromatic carbocycles. The van der Waals surface area contributed by atoms with Crippen LogP contribution in [-0.2, 0) is 24.5 Å². The third kappa shape index (κ3) is 5.89. The average molecular weight is 496 g/mol. The van der Waals surface area contributed by atoms with Crippen molar-refractivity contribution in [3.63, 3.8) is 0 Å². The average Bonchev–Trinajstić information content (AvgIpc) is 2.84. The lowest BCUT2D eigenvalue weighted by Crippen LogP contribution is -2.58. The molecule has 0 bridgehead atoms. The lowest BCUT2D eigenvalue weighted by Gasteiger charge is -2.41. The number of nitrogens with one attached hydrogen (secondary N) is 1. The first-order chi connectivity index (χ1) is 16.2. The van der Waals surface area contributed by atoms with Crippen molar-refractivity contribution in [2.45, 2.75) is 39.0 Å². The van der Waals surface area contributed by atoms with Crippen molar-refractivity contribution in [2.24, 2.45) is 0 Å². The molecule has 0 saturated carbocycles. The minimum Gasteiger partial charge on any atom is -0.378 e. The van der Waals surface area contributed by atoms with E-state index in [2.05, 4.69) is 10.2 Å². The van der Waals surface area contributed by atoms with Gasteiger partial charge in [0.25, 0.3) is 10.2 Å². The Kier molecular flexibility index (Phi) is 8.11. The fraction of sp³-hybridized carbons (Fsp3) is 0.696. The van der Waals surface area contributed by atoms with Crippen molar-refractivity contribution >= 4 is 27.5 Å². The molecule has 3 fully saturated rings. The normalized spacial score (nSPS) is 26.9. The first kappa shape index (κ1) is 25.3. The fourth-order valence-electron chi connectivity index (χ4n) is 4.79. The summed E-state index contributed by atoms with van der Waals surface area (Å²) in [6.45, 7) is 11.4. The number of anilines is 2. The molecule has 34 heavy (non-hydrogen) atoms. The van der Waals surface area contributed by atoms with Crippen LogP contribution in [0.2, 0.25) is 0 Å². The zero-order valence-corrected chi connectivity index (χ0v) is 21.2. The van der Waals surface area contributed by atoms with Crippen molar-refractivity contribution in [2.75, 3.05) is 75.8 Å². The van der Waals surface area contributed by atoms with Gasteiger partial charge in [0.05, 0.1) is 31.5 Å². The van der Waals surface area contributed by atoms with Crippen LogP contribution >= 0.6 is 0 Å². The quantitative estimate of drug-likeness (QED) is 0.625. The molecule has 190 valence electrons. The first-order valence-electron chi connectivity index (χ1n) is 12.1. The standard InChI is InChI=1S/C23H37N5O5S/c1-18-16-28(17-19(2)33-18)34(30,31)27-10-8-25(9-11-27)20(3)23(29)24-21-4-6-22(7-5-21)26-12-14-32-15-13-26/h4-7,18-20H,8-17H2,1-3H3,(H,24,29). The number of hydrogen-bond acceptors (Lipinski definition) is 7. The van der Waals surface area contributed by atoms with E-state index in [-0.39, 0.29) is 24.2 Å². The van der Waals surface area contributed by atoms with Gasteiger partial charge in [-0.05, 0) is 45.0 Å². The summed E-state index contributed by atoms with van der Waals surface area (Å²) >= 11 is 0. The number of ether oxygens (including phenoxy) is 2. The van der Waals surface area contributed by atoms with Gasteiger partial charge in [0.1, 0.15) is 0 Å². The molecule has 11 heteroatoms. The second-order valence-electron chi connectivity index (χ2n) is 9.33. The van der Waals surface area contributed by atoms with Crippen LogP contribution in [0.25, 0.3) is 0 Å². The molecule has 3 aliphatic rings. The van der Waals surface area contributed by atoms with Gasteiger partial charge in [0, 0.05) is 63.7 Å². The van der Waals surface area contributed by atoms with Crippen molar-refractivity contribution < 1.29 is 22.7 Å². The van der Waals surface area contributed by atoms with Crippen LogP contribution < -0.4 is 10.2 Å². The Morgan fingerprint density at radius 3 is 2.12 bits per heavy atom. The van der Waals surface area contributed by atoms with Crippen LogP contribution in [0.5, 0.6) is 0 Å². The van der Waals surface area contributed by atoms with Crippen molar-refractivity contribution in [3.8, 4) is 0 Å². The van der Waals surface area contributed by atoms with Crippen LogP contribution in [0.4, 0.5) is 11.4 Å². The number of carbonyl (C=O) groups excluding carboxylic acids is 1. The van der Waals surface area contributed by atoms with Gasteiger partial charge in [-0.3, -0.25) is 9.69 Å². The lowest BCUT2D eigenvalue weighted by atomic mass is 10.2. The van der Waals surface area contributed by atoms with Crippen LogP contribution in [-0.4, -0.2) is 112 Å². The van der Waals surface area contributed by atoms with Crippen molar-refractivity contribution in [1.82, 2.24) is 13.5 Å². The fourth-order valence-corrected chi connectivity index (χ4v) is 6.54. The van der Waals surface area contributed by atoms with Crippen LogP contribution in [0.15, 0.2) is 24.3 Å². The van der Waals surface area contributed by atoms with Gasteiger partial charge in [-0.25, -0.2) is 0 Å². The van der Waals surface area contributed by atoms with Gasteiger partial charge in [-0.1, -0.05) is 0 Å². The van der Waals surface area contributed by atoms with E-state index in [1.54, 1.807) is 0 Å². The number of benzene rings is 1. The summed E-state index contributed by atoms with van der Waals surface area (Å²) in [5.41, 5.74) is 1.88. The van der Waals surface area contributed by atoms with Gasteiger partial charge in [-0.2, -0.15) is 17.0 Å². The van der Waals surface area contributed by atoms with Gasteiger partial charge in [0.15, 0.2) is 0 Å². The summed E-state index contributed by atoms with van der Waals surface area (Å²) in [5.74, 6) is -0.0914. The maximum absolute atomic E-state index is 13.1. The predicted molar refractivity (Wildman–Crippen MR) is 131 cm³/mol. The second kappa shape index (κ2) is 10.9. The SMILES string of the molecule is CC1CN(S(=O)(=O)N2CCN(C(C)C(=O)Nc3ccc(N4CCOCC4)cc3)CC2)CC(C)O1. The molecular formula is C23H37N5O5S. The molecule has 0 aromatic heterocycles. The Hall–Kier alpha value is -1.76. The molecule has 1 aromatic rings. The summed E-state index contributed by atoms with van der Waals surface area (Å²) in [6.07, 6.45) is -0.238. The van der Waals surface area contributed by atoms with E-state index in [1.165, 1.54) is 8.61 Å². The highest BCUT2D eigenvalue weighted by atomic mass is 32.2. The lowest BCUT2D eigenvalue weighted by molar-refractivity contribution is -0.121. The molecule has 3 atom stereocenters. The number of hydrogen-bond donors (Lipinski definition) is 1. The minimum absolute atomic E-state index is 0.0914. The number of carbonyl (C=O) groups is 1. The Balaban J connectivity index is 1.28. The van der Waals surface area contributed by atoms with Gasteiger partial charge in [0.2, 0.25) is 5.91 Å². The third-order valence-corrected chi connectivity index (χ3v) is 8.72. The summed E-state index contributed by atoms with van der Waals surface area (Å²) in [7, 11) is -3.53. The monoisotopic (exact) mass is 495 g/mol. The number of morpholine rings is 2. The second-order valence-corrected chi connectivity index (χ2v) is 11.3. The highest BCUT2D eigenvalue weighted by Crippen LogP contribution is 2.21. The van der Waals surface area contributed by atoms with Crippen molar-refractivity contribution in [3.05, 3.63) is 24.3 Å². The van der Waals surface area contributed by atoms with Gasteiger partial charge in [-0.15, -0.1) is 0 Å². The molecule has 4 rings (SSSR count). The zero-order valence-electron chi connectivity index (χ0n) is 20.4. The number of nitrogens with zero attached hydrogens (tertiary/aromatic N) is 4. The Labute approximate surface area is 202 Å². The Morgan fingerprint density at radius 1 is 0.941 bits per heavy atom. The third-order valence-electron chi connectivity index (χ3n) is 6.75. The van der Waals surface area contributed by atoms with E-state index in [4.69, 9.17) is 9.47 Å². The van der Waals surface area contributed by atoms with E-state index >= 15 is 0 Å². The summed E-state index contributed by atoms with van der Waals surface area (Å²) in [6, 6.07) is 7.52. The highest BCUT2D eigenvalue weighted by molar-refractivity contribution is 7.86. The number of rotatable bonds is 6. The largest absolute Gasteiger partial charge is 0.378 e. The van der Waals surface area contributed by atoms with Gasteiger partial charge < -0.3 is 19.7 Å². The summed E-state index contributed by atoms with van der Waals surface area (Å²) in [5, 5.41) is 2.99. The highest BCUT2D eigenvalue weighted by Gasteiger charge is 2.37. The number of amides is 1. The maximum Gasteiger partial charge on any atom is 0.282 e. The molecule has 1 N–H and O–H groups in total. The molecule has 3 heterocycles. The zero-order chi connectivity index (χ0) is 24.3. The van der Waals surface area contributed by atoms with E-state index in [9.17, 15) is 13.2 Å². The van der Waals surface area contributed by atoms with E-state index in [0.29, 0.717) is 39.3 Å². The summed E-state index contributed by atoms with van der Waals surface area (Å²) < 4.78 is 40.4. The van der Waals surface area contributed by atoms with Crippen LogP contribution in [0, 0.1) is 0 Å². The van der Waals surface area contributed by atoms with E-state index in [1.807, 2.05) is 49.9 Å². The van der Waals surface area contributed by atoms with Gasteiger partial charge >= 0.3 is 0 Å². The molecule has 0 radical (unpaired) electrons. The van der Waals surface area contributed by atoms with Crippen LogP contribution in [0.1, 0.15) is 20.8 Å². The maximum atomic E-state index is 13.1. The van der Waals surface area contributed by atoms with Crippen molar-refractivity contribution in [1.29, 1.82) is 0 Å². The van der Waals surface area contributed by atoms with Crippen LogP contribution in [0.3, 0.4) is 0 Å². The smallest absolute Gasteiger partial charge is 0.282 e. The van der Waals surface area contributed by atoms with E-state index in [0.717, 1.165) is 37.7 Å². The minimum atomic E-state index is -3.53. The molecule has 3 unspecified atom stereocenters. The molecule has 0 aliphatic carbocycles. The molecule has 3 aliphatic heterocycles. The molecule has 1 amide bonds. The molecule has 0 spiro atoms. The number of piperazine rings is 1. The molecular weight excluding hydrogens is 458 g/mol.